The summed E-state index contributed by atoms with van der Waals surface area (Å²) in [6.07, 6.45) is 6.67. The van der Waals surface area contributed by atoms with Crippen molar-refractivity contribution in [2.45, 2.75) is 37.8 Å². The van der Waals surface area contributed by atoms with Gasteiger partial charge in [0, 0.05) is 31.1 Å². The molecule has 2 saturated heterocycles. The minimum absolute atomic E-state index is 0.103. The van der Waals surface area contributed by atoms with E-state index in [0.717, 1.165) is 42.6 Å². The van der Waals surface area contributed by atoms with E-state index in [9.17, 15) is 14.7 Å². The van der Waals surface area contributed by atoms with Crippen LogP contribution in [0.3, 0.4) is 0 Å². The standard InChI is InChI=1S/C24H24N2O5/c27-22(17-5-6-19-16(13-17)3-1-12-31-19)20-21(15-7-9-25-10-8-15)26(24(29)23(20)28)14-18-4-2-11-30-18/h5-10,13,18,21,27H,1-4,11-12,14H2/b22-20-. The lowest BCUT2D eigenvalue weighted by Crippen LogP contribution is -2.36. The second-order valence-electron chi connectivity index (χ2n) is 8.14. The van der Waals surface area contributed by atoms with Crippen LogP contribution >= 0.6 is 0 Å². The van der Waals surface area contributed by atoms with Gasteiger partial charge >= 0.3 is 0 Å². The van der Waals surface area contributed by atoms with Crippen LogP contribution in [0.1, 0.15) is 42.0 Å². The molecule has 31 heavy (non-hydrogen) atoms. The molecule has 1 N–H and O–H groups in total. The van der Waals surface area contributed by atoms with E-state index < -0.39 is 17.7 Å². The summed E-state index contributed by atoms with van der Waals surface area (Å²) in [5, 5.41) is 11.2. The summed E-state index contributed by atoms with van der Waals surface area (Å²) in [7, 11) is 0. The van der Waals surface area contributed by atoms with Crippen LogP contribution in [0.2, 0.25) is 0 Å². The second-order valence-corrected chi connectivity index (χ2v) is 8.14. The van der Waals surface area contributed by atoms with Gasteiger partial charge in [-0.3, -0.25) is 14.6 Å². The van der Waals surface area contributed by atoms with Gasteiger partial charge in [-0.05, 0) is 67.1 Å². The fourth-order valence-corrected chi connectivity index (χ4v) is 4.63. The molecule has 160 valence electrons. The van der Waals surface area contributed by atoms with Crippen molar-refractivity contribution in [2.24, 2.45) is 0 Å². The quantitative estimate of drug-likeness (QED) is 0.465. The third-order valence-corrected chi connectivity index (χ3v) is 6.17. The van der Waals surface area contributed by atoms with Crippen LogP contribution < -0.4 is 4.74 Å². The molecule has 3 aliphatic rings. The number of nitrogens with zero attached hydrogens (tertiary/aromatic N) is 2. The van der Waals surface area contributed by atoms with Crippen LogP contribution in [0.4, 0.5) is 0 Å². The fourth-order valence-electron chi connectivity index (χ4n) is 4.63. The first kappa shape index (κ1) is 19.8. The van der Waals surface area contributed by atoms with Gasteiger partial charge in [-0.1, -0.05) is 0 Å². The Kier molecular flexibility index (Phi) is 5.19. The van der Waals surface area contributed by atoms with Crippen LogP contribution in [-0.4, -0.2) is 52.5 Å². The number of likely N-dealkylation sites (tertiary alicyclic amines) is 1. The minimum Gasteiger partial charge on any atom is -0.507 e. The molecule has 1 aromatic heterocycles. The summed E-state index contributed by atoms with van der Waals surface area (Å²) < 4.78 is 11.4. The predicted octanol–water partition coefficient (Wildman–Crippen LogP) is 3.01. The van der Waals surface area contributed by atoms with Crippen LogP contribution in [-0.2, 0) is 20.7 Å². The smallest absolute Gasteiger partial charge is 0.295 e. The van der Waals surface area contributed by atoms with Gasteiger partial charge in [-0.15, -0.1) is 0 Å². The Morgan fingerprint density at radius 2 is 1.97 bits per heavy atom. The van der Waals surface area contributed by atoms with Crippen molar-refractivity contribution >= 4 is 17.4 Å². The van der Waals surface area contributed by atoms with Crippen LogP contribution in [0, 0.1) is 0 Å². The Bertz CT molecular complexity index is 1040. The SMILES string of the molecule is O=C1C(=O)N(CC2CCCO2)C(c2ccncc2)/C1=C(/O)c1ccc2c(c1)CCCO2. The third-order valence-electron chi connectivity index (χ3n) is 6.17. The van der Waals surface area contributed by atoms with Gasteiger partial charge in [0.15, 0.2) is 0 Å². The first-order valence-corrected chi connectivity index (χ1v) is 10.7. The molecule has 1 amide bonds. The molecular weight excluding hydrogens is 396 g/mol. The maximum Gasteiger partial charge on any atom is 0.295 e. The third kappa shape index (κ3) is 3.59. The maximum absolute atomic E-state index is 13.1. The van der Waals surface area contributed by atoms with Crippen LogP contribution in [0.25, 0.3) is 5.76 Å². The number of hydrogen-bond donors (Lipinski definition) is 1. The normalized spacial score (nSPS) is 24.8. The first-order chi connectivity index (χ1) is 15.1. The van der Waals surface area contributed by atoms with E-state index in [2.05, 4.69) is 4.98 Å². The zero-order valence-electron chi connectivity index (χ0n) is 17.1. The summed E-state index contributed by atoms with van der Waals surface area (Å²) in [5.41, 5.74) is 2.34. The molecule has 2 aromatic rings. The van der Waals surface area contributed by atoms with E-state index in [1.54, 1.807) is 30.6 Å². The van der Waals surface area contributed by atoms with E-state index >= 15 is 0 Å². The molecule has 0 radical (unpaired) electrons. The molecule has 1 aromatic carbocycles. The Morgan fingerprint density at radius 3 is 2.74 bits per heavy atom. The highest BCUT2D eigenvalue weighted by Gasteiger charge is 2.47. The van der Waals surface area contributed by atoms with Crippen molar-refractivity contribution in [3.8, 4) is 5.75 Å². The van der Waals surface area contributed by atoms with Crippen molar-refractivity contribution < 1.29 is 24.2 Å². The van der Waals surface area contributed by atoms with E-state index in [0.29, 0.717) is 25.3 Å². The van der Waals surface area contributed by atoms with Crippen molar-refractivity contribution in [1.82, 2.24) is 9.88 Å². The number of aryl methyl sites for hydroxylation is 1. The molecule has 2 fully saturated rings. The number of pyridine rings is 1. The number of aliphatic hydroxyl groups excluding tert-OH is 1. The maximum atomic E-state index is 13.1. The Hall–Kier alpha value is -3.19. The van der Waals surface area contributed by atoms with Crippen molar-refractivity contribution in [1.29, 1.82) is 0 Å². The van der Waals surface area contributed by atoms with Gasteiger partial charge in [0.2, 0.25) is 0 Å². The van der Waals surface area contributed by atoms with Crippen LogP contribution in [0.15, 0.2) is 48.3 Å². The average molecular weight is 420 g/mol. The zero-order chi connectivity index (χ0) is 21.4. The lowest BCUT2D eigenvalue weighted by atomic mass is 9.94. The zero-order valence-corrected chi connectivity index (χ0v) is 17.1. The summed E-state index contributed by atoms with van der Waals surface area (Å²) in [4.78, 5) is 31.7. The van der Waals surface area contributed by atoms with Gasteiger partial charge in [0.25, 0.3) is 11.7 Å². The monoisotopic (exact) mass is 420 g/mol. The average Bonchev–Trinajstić information content (AvgIpc) is 3.41. The van der Waals surface area contributed by atoms with Gasteiger partial charge in [-0.2, -0.15) is 0 Å². The molecular formula is C24H24N2O5. The summed E-state index contributed by atoms with van der Waals surface area (Å²) >= 11 is 0. The number of aliphatic hydroxyl groups is 1. The Labute approximate surface area is 180 Å². The van der Waals surface area contributed by atoms with E-state index in [1.807, 2.05) is 12.1 Å². The molecule has 5 rings (SSSR count). The number of rotatable bonds is 4. The molecule has 7 nitrogen and oxygen atoms in total. The lowest BCUT2D eigenvalue weighted by Gasteiger charge is -2.27. The number of aromatic nitrogens is 1. The van der Waals surface area contributed by atoms with Gasteiger partial charge in [0.1, 0.15) is 11.5 Å². The highest BCUT2D eigenvalue weighted by molar-refractivity contribution is 6.46. The largest absolute Gasteiger partial charge is 0.507 e. The van der Waals surface area contributed by atoms with Crippen LogP contribution in [0.5, 0.6) is 5.75 Å². The highest BCUT2D eigenvalue weighted by Crippen LogP contribution is 2.40. The number of hydrogen-bond acceptors (Lipinski definition) is 6. The molecule has 2 unspecified atom stereocenters. The number of ether oxygens (including phenoxy) is 2. The van der Waals surface area contributed by atoms with E-state index in [4.69, 9.17) is 9.47 Å². The molecule has 7 heteroatoms. The fraction of sp³-hybridized carbons (Fsp3) is 0.375. The van der Waals surface area contributed by atoms with Crippen molar-refractivity contribution in [2.75, 3.05) is 19.8 Å². The highest BCUT2D eigenvalue weighted by atomic mass is 16.5. The van der Waals surface area contributed by atoms with Gasteiger partial charge in [0.05, 0.1) is 24.3 Å². The Balaban J connectivity index is 1.59. The predicted molar refractivity (Wildman–Crippen MR) is 112 cm³/mol. The van der Waals surface area contributed by atoms with Crippen molar-refractivity contribution in [3.63, 3.8) is 0 Å². The summed E-state index contributed by atoms with van der Waals surface area (Å²) in [6.45, 7) is 1.65. The topological polar surface area (TPSA) is 89.0 Å². The number of fused-ring (bicyclic) bond motifs is 1. The van der Waals surface area contributed by atoms with E-state index in [-0.39, 0.29) is 17.4 Å². The van der Waals surface area contributed by atoms with E-state index in [1.165, 1.54) is 4.90 Å². The molecule has 3 aliphatic heterocycles. The Morgan fingerprint density at radius 1 is 1.13 bits per heavy atom. The van der Waals surface area contributed by atoms with Gasteiger partial charge < -0.3 is 19.5 Å². The number of amides is 1. The molecule has 4 heterocycles. The number of carbonyl (C=O) groups is 2. The molecule has 0 saturated carbocycles. The molecule has 2 atom stereocenters. The number of carbonyl (C=O) groups excluding carboxylic acids is 2. The molecule has 0 spiro atoms. The van der Waals surface area contributed by atoms with Crippen molar-refractivity contribution in [3.05, 3.63) is 65.0 Å². The summed E-state index contributed by atoms with van der Waals surface area (Å²) in [5.74, 6) is -0.651. The first-order valence-electron chi connectivity index (χ1n) is 10.7. The molecule has 0 aliphatic carbocycles. The second kappa shape index (κ2) is 8.15. The number of ketones is 1. The number of benzene rings is 1. The lowest BCUT2D eigenvalue weighted by molar-refractivity contribution is -0.140. The number of Topliss-reactive ketones (excluding diaryl/α,β-unsaturated/α-hetero) is 1. The minimum atomic E-state index is -0.681. The molecule has 0 bridgehead atoms. The summed E-state index contributed by atoms with van der Waals surface area (Å²) in [6, 6.07) is 8.25. The van der Waals surface area contributed by atoms with Gasteiger partial charge in [-0.25, -0.2) is 0 Å².